The molecular formula is C23H36O4. The Labute approximate surface area is 164 Å². The van der Waals surface area contributed by atoms with E-state index >= 15 is 0 Å². The van der Waals surface area contributed by atoms with Crippen molar-refractivity contribution in [3.8, 4) is 0 Å². The fraction of sp³-hybridized carbons (Fsp3) is 0.739. The first-order chi connectivity index (χ1) is 12.6. The number of hydrogen-bond acceptors (Lipinski definition) is 4. The lowest BCUT2D eigenvalue weighted by atomic mass is 9.49. The van der Waals surface area contributed by atoms with Crippen molar-refractivity contribution < 1.29 is 19.1 Å². The van der Waals surface area contributed by atoms with Crippen LogP contribution in [0.25, 0.3) is 0 Å². The molecule has 1 fully saturated rings. The Balaban J connectivity index is 2.18. The van der Waals surface area contributed by atoms with Gasteiger partial charge in [0.25, 0.3) is 0 Å². The maximum Gasteiger partial charge on any atom is 0.311 e. The number of esters is 2. The zero-order valence-electron chi connectivity index (χ0n) is 17.9. The molecule has 0 bridgehead atoms. The summed E-state index contributed by atoms with van der Waals surface area (Å²) in [5.74, 6) is 0.0505. The van der Waals surface area contributed by atoms with Crippen LogP contribution in [0.3, 0.4) is 0 Å². The van der Waals surface area contributed by atoms with Crippen LogP contribution >= 0.6 is 0 Å². The van der Waals surface area contributed by atoms with Gasteiger partial charge in [-0.15, -0.1) is 0 Å². The summed E-state index contributed by atoms with van der Waals surface area (Å²) in [4.78, 5) is 23.5. The molecule has 27 heavy (non-hydrogen) atoms. The molecule has 0 radical (unpaired) electrons. The molecule has 3 atom stereocenters. The Bertz CT molecular complexity index is 645. The van der Waals surface area contributed by atoms with E-state index in [9.17, 15) is 9.59 Å². The molecule has 2 aliphatic carbocycles. The second-order valence-electron chi connectivity index (χ2n) is 8.88. The van der Waals surface area contributed by atoms with Crippen LogP contribution in [-0.2, 0) is 19.1 Å². The molecule has 0 saturated heterocycles. The van der Waals surface area contributed by atoms with E-state index < -0.39 is 0 Å². The number of carbonyl (C=O) groups excluding carboxylic acids is 2. The van der Waals surface area contributed by atoms with Crippen LogP contribution < -0.4 is 0 Å². The fourth-order valence-corrected chi connectivity index (χ4v) is 5.57. The SMILES string of the molecule is COC(=O)C1(C)CCCC2(C)C(CCC(C)=CCOC(C)=O)=C(C)CCC12. The third kappa shape index (κ3) is 4.47. The maximum atomic E-state index is 12.6. The molecule has 0 aliphatic heterocycles. The molecule has 0 amide bonds. The highest BCUT2D eigenvalue weighted by Crippen LogP contribution is 2.60. The van der Waals surface area contributed by atoms with E-state index in [0.29, 0.717) is 12.5 Å². The van der Waals surface area contributed by atoms with Gasteiger partial charge in [0.2, 0.25) is 0 Å². The van der Waals surface area contributed by atoms with Crippen LogP contribution in [0.1, 0.15) is 79.6 Å². The highest BCUT2D eigenvalue weighted by molar-refractivity contribution is 5.77. The minimum absolute atomic E-state index is 0.0465. The summed E-state index contributed by atoms with van der Waals surface area (Å²) in [6, 6.07) is 0. The first kappa shape index (κ1) is 21.7. The summed E-state index contributed by atoms with van der Waals surface area (Å²) in [6.45, 7) is 10.6. The van der Waals surface area contributed by atoms with Crippen LogP contribution in [-0.4, -0.2) is 25.7 Å². The number of methoxy groups -OCH3 is 1. The maximum absolute atomic E-state index is 12.6. The van der Waals surface area contributed by atoms with Gasteiger partial charge in [0.15, 0.2) is 0 Å². The first-order valence-corrected chi connectivity index (χ1v) is 10.2. The van der Waals surface area contributed by atoms with Gasteiger partial charge in [-0.3, -0.25) is 9.59 Å². The molecule has 0 heterocycles. The lowest BCUT2D eigenvalue weighted by molar-refractivity contribution is -0.163. The van der Waals surface area contributed by atoms with Gasteiger partial charge >= 0.3 is 11.9 Å². The van der Waals surface area contributed by atoms with Gasteiger partial charge in [0.1, 0.15) is 6.61 Å². The monoisotopic (exact) mass is 376 g/mol. The molecule has 0 aromatic rings. The summed E-state index contributed by atoms with van der Waals surface area (Å²) in [5, 5.41) is 0. The first-order valence-electron chi connectivity index (χ1n) is 10.2. The normalized spacial score (nSPS) is 31.3. The molecule has 0 aromatic carbocycles. The highest BCUT2D eigenvalue weighted by Gasteiger charge is 2.55. The summed E-state index contributed by atoms with van der Waals surface area (Å²) in [5.41, 5.74) is 3.96. The predicted octanol–water partition coefficient (Wildman–Crippen LogP) is 5.37. The molecule has 0 N–H and O–H groups in total. The Morgan fingerprint density at radius 1 is 1.22 bits per heavy atom. The highest BCUT2D eigenvalue weighted by atomic mass is 16.5. The zero-order chi connectivity index (χ0) is 20.2. The van der Waals surface area contributed by atoms with Crippen molar-refractivity contribution in [2.45, 2.75) is 79.6 Å². The average Bonchev–Trinajstić information content (AvgIpc) is 2.59. The summed E-state index contributed by atoms with van der Waals surface area (Å²) >= 11 is 0. The molecule has 2 aliphatic rings. The third-order valence-corrected chi connectivity index (χ3v) is 7.08. The largest absolute Gasteiger partial charge is 0.469 e. The van der Waals surface area contributed by atoms with Crippen LogP contribution in [0.2, 0.25) is 0 Å². The van der Waals surface area contributed by atoms with Crippen molar-refractivity contribution in [2.24, 2.45) is 16.7 Å². The molecule has 152 valence electrons. The third-order valence-electron chi connectivity index (χ3n) is 7.08. The Morgan fingerprint density at radius 2 is 1.93 bits per heavy atom. The number of allylic oxidation sites excluding steroid dienone is 3. The van der Waals surface area contributed by atoms with E-state index in [4.69, 9.17) is 9.47 Å². The second kappa shape index (κ2) is 8.62. The topological polar surface area (TPSA) is 52.6 Å². The minimum atomic E-state index is -0.381. The summed E-state index contributed by atoms with van der Waals surface area (Å²) in [7, 11) is 1.52. The second-order valence-corrected chi connectivity index (χ2v) is 8.88. The molecule has 0 aromatic heterocycles. The minimum Gasteiger partial charge on any atom is -0.469 e. The van der Waals surface area contributed by atoms with Crippen molar-refractivity contribution in [2.75, 3.05) is 13.7 Å². The van der Waals surface area contributed by atoms with Gasteiger partial charge in [-0.05, 0) is 76.7 Å². The van der Waals surface area contributed by atoms with E-state index in [-0.39, 0.29) is 22.8 Å². The smallest absolute Gasteiger partial charge is 0.311 e. The van der Waals surface area contributed by atoms with E-state index in [1.54, 1.807) is 0 Å². The summed E-state index contributed by atoms with van der Waals surface area (Å²) in [6.07, 6.45) is 9.25. The molecule has 2 rings (SSSR count). The molecule has 4 heteroatoms. The number of carbonyl (C=O) groups is 2. The number of rotatable bonds is 6. The van der Waals surface area contributed by atoms with Gasteiger partial charge < -0.3 is 9.47 Å². The van der Waals surface area contributed by atoms with Gasteiger partial charge in [-0.25, -0.2) is 0 Å². The Kier molecular flexibility index (Phi) is 6.93. The van der Waals surface area contributed by atoms with Gasteiger partial charge in [0.05, 0.1) is 12.5 Å². The number of fused-ring (bicyclic) bond motifs is 1. The van der Waals surface area contributed by atoms with E-state index in [0.717, 1.165) is 44.9 Å². The number of hydrogen-bond donors (Lipinski definition) is 0. The average molecular weight is 377 g/mol. The molecule has 3 unspecified atom stereocenters. The quantitative estimate of drug-likeness (QED) is 0.462. The molecule has 1 saturated carbocycles. The lowest BCUT2D eigenvalue weighted by Gasteiger charge is -2.55. The van der Waals surface area contributed by atoms with Crippen LogP contribution in [0.15, 0.2) is 22.8 Å². The van der Waals surface area contributed by atoms with E-state index in [1.165, 1.54) is 30.8 Å². The Morgan fingerprint density at radius 3 is 2.56 bits per heavy atom. The predicted molar refractivity (Wildman–Crippen MR) is 107 cm³/mol. The van der Waals surface area contributed by atoms with Gasteiger partial charge in [-0.1, -0.05) is 30.1 Å². The van der Waals surface area contributed by atoms with Crippen molar-refractivity contribution in [3.63, 3.8) is 0 Å². The van der Waals surface area contributed by atoms with Crippen molar-refractivity contribution in [3.05, 3.63) is 22.8 Å². The lowest BCUT2D eigenvalue weighted by Crippen LogP contribution is -2.50. The van der Waals surface area contributed by atoms with Crippen LogP contribution in [0, 0.1) is 16.7 Å². The van der Waals surface area contributed by atoms with Crippen LogP contribution in [0.4, 0.5) is 0 Å². The molecule has 4 nitrogen and oxygen atoms in total. The molecule has 0 spiro atoms. The van der Waals surface area contributed by atoms with Crippen molar-refractivity contribution >= 4 is 11.9 Å². The fourth-order valence-electron chi connectivity index (χ4n) is 5.57. The summed E-state index contributed by atoms with van der Waals surface area (Å²) < 4.78 is 10.2. The van der Waals surface area contributed by atoms with Crippen molar-refractivity contribution in [1.29, 1.82) is 0 Å². The van der Waals surface area contributed by atoms with Gasteiger partial charge in [0, 0.05) is 6.92 Å². The van der Waals surface area contributed by atoms with E-state index in [2.05, 4.69) is 27.7 Å². The van der Waals surface area contributed by atoms with Crippen LogP contribution in [0.5, 0.6) is 0 Å². The Hall–Kier alpha value is -1.58. The standard InChI is InChI=1S/C23H36O4/c1-16(12-15-27-18(3)24)8-10-19-17(2)9-11-20-22(19,4)13-7-14-23(20,5)21(25)26-6/h12,20H,7-11,13-15H2,1-6H3. The number of ether oxygens (including phenoxy) is 2. The molecular weight excluding hydrogens is 340 g/mol. The van der Waals surface area contributed by atoms with Crippen molar-refractivity contribution in [1.82, 2.24) is 0 Å². The zero-order valence-corrected chi connectivity index (χ0v) is 17.9. The van der Waals surface area contributed by atoms with Gasteiger partial charge in [-0.2, -0.15) is 0 Å². The van der Waals surface area contributed by atoms with E-state index in [1.807, 2.05) is 6.08 Å².